The number of benzene rings is 2. The van der Waals surface area contributed by atoms with Gasteiger partial charge >= 0.3 is 0 Å². The van der Waals surface area contributed by atoms with E-state index in [9.17, 15) is 5.11 Å². The molecule has 5 heteroatoms. The van der Waals surface area contributed by atoms with Crippen molar-refractivity contribution in [3.8, 4) is 5.75 Å². The molecule has 0 spiro atoms. The molecule has 28 heavy (non-hydrogen) atoms. The lowest BCUT2D eigenvalue weighted by atomic mass is 10.0. The van der Waals surface area contributed by atoms with Gasteiger partial charge in [-0.1, -0.05) is 43.6 Å². The molecule has 2 N–H and O–H groups in total. The SMILES string of the molecule is Cc1ccc(C(C)C)c(OC[C@H](O)C[NH+]2CCN(c3cccc(Cl)c3)CC2)c1. The van der Waals surface area contributed by atoms with Gasteiger partial charge in [0.2, 0.25) is 0 Å². The van der Waals surface area contributed by atoms with Crippen LogP contribution in [0.25, 0.3) is 0 Å². The fourth-order valence-corrected chi connectivity index (χ4v) is 3.96. The fourth-order valence-electron chi connectivity index (χ4n) is 3.78. The molecular formula is C23H32ClN2O2+. The van der Waals surface area contributed by atoms with E-state index in [1.54, 1.807) is 0 Å². The summed E-state index contributed by atoms with van der Waals surface area (Å²) in [6.07, 6.45) is -0.465. The summed E-state index contributed by atoms with van der Waals surface area (Å²) in [7, 11) is 0. The third-order valence-corrected chi connectivity index (χ3v) is 5.63. The fraction of sp³-hybridized carbons (Fsp3) is 0.478. The molecule has 0 aliphatic carbocycles. The third kappa shape index (κ3) is 5.63. The maximum atomic E-state index is 10.5. The van der Waals surface area contributed by atoms with Crippen molar-refractivity contribution in [2.24, 2.45) is 0 Å². The number of nitrogens with zero attached hydrogens (tertiary/aromatic N) is 1. The normalized spacial score (nSPS) is 16.4. The van der Waals surface area contributed by atoms with E-state index >= 15 is 0 Å². The molecule has 1 fully saturated rings. The number of aryl methyl sites for hydroxylation is 1. The molecule has 1 heterocycles. The highest BCUT2D eigenvalue weighted by molar-refractivity contribution is 6.30. The van der Waals surface area contributed by atoms with Gasteiger partial charge in [-0.05, 0) is 48.2 Å². The monoisotopic (exact) mass is 403 g/mol. The average molecular weight is 404 g/mol. The number of hydrogen-bond acceptors (Lipinski definition) is 3. The maximum Gasteiger partial charge on any atom is 0.137 e. The summed E-state index contributed by atoms with van der Waals surface area (Å²) in [6, 6.07) is 14.3. The Bertz CT molecular complexity index is 773. The van der Waals surface area contributed by atoms with Crippen molar-refractivity contribution in [2.45, 2.75) is 32.8 Å². The van der Waals surface area contributed by atoms with E-state index in [0.29, 0.717) is 19.1 Å². The third-order valence-electron chi connectivity index (χ3n) is 5.39. The van der Waals surface area contributed by atoms with E-state index in [1.807, 2.05) is 18.2 Å². The Kier molecular flexibility index (Phi) is 7.22. The Morgan fingerprint density at radius 3 is 2.57 bits per heavy atom. The van der Waals surface area contributed by atoms with Crippen LogP contribution in [0.2, 0.25) is 5.02 Å². The van der Waals surface area contributed by atoms with Gasteiger partial charge in [0.1, 0.15) is 25.0 Å². The Labute approximate surface area is 173 Å². The Morgan fingerprint density at radius 2 is 1.89 bits per heavy atom. The number of ether oxygens (including phenoxy) is 1. The largest absolute Gasteiger partial charge is 0.490 e. The quantitative estimate of drug-likeness (QED) is 0.746. The van der Waals surface area contributed by atoms with E-state index < -0.39 is 6.10 Å². The van der Waals surface area contributed by atoms with Gasteiger partial charge in [0.15, 0.2) is 0 Å². The van der Waals surface area contributed by atoms with Crippen LogP contribution in [0.4, 0.5) is 5.69 Å². The van der Waals surface area contributed by atoms with Crippen LogP contribution in [0, 0.1) is 6.92 Å². The summed E-state index contributed by atoms with van der Waals surface area (Å²) in [4.78, 5) is 3.78. The standard InChI is InChI=1S/C23H31ClN2O2/c1-17(2)22-8-7-18(3)13-23(22)28-16-21(27)15-25-9-11-26(12-10-25)20-6-4-5-19(24)14-20/h4-8,13-14,17,21,27H,9-12,15-16H2,1-3H3/p+1/t21-/m1/s1. The lowest BCUT2D eigenvalue weighted by Gasteiger charge is -2.34. The van der Waals surface area contributed by atoms with Crippen LogP contribution in [0.15, 0.2) is 42.5 Å². The molecule has 0 amide bonds. The molecule has 1 aliphatic heterocycles. The van der Waals surface area contributed by atoms with Crippen molar-refractivity contribution in [2.75, 3.05) is 44.2 Å². The van der Waals surface area contributed by atoms with E-state index in [-0.39, 0.29) is 0 Å². The van der Waals surface area contributed by atoms with Crippen molar-refractivity contribution < 1.29 is 14.7 Å². The minimum atomic E-state index is -0.465. The molecule has 0 bridgehead atoms. The van der Waals surface area contributed by atoms with Gasteiger partial charge in [-0.25, -0.2) is 0 Å². The molecular weight excluding hydrogens is 372 g/mol. The Hall–Kier alpha value is -1.75. The zero-order chi connectivity index (χ0) is 20.1. The van der Waals surface area contributed by atoms with Crippen LogP contribution in [0.3, 0.4) is 0 Å². The van der Waals surface area contributed by atoms with Gasteiger partial charge in [0.05, 0.1) is 26.2 Å². The Morgan fingerprint density at radius 1 is 1.14 bits per heavy atom. The maximum absolute atomic E-state index is 10.5. The van der Waals surface area contributed by atoms with Crippen LogP contribution in [0.1, 0.15) is 30.9 Å². The molecule has 0 aromatic heterocycles. The van der Waals surface area contributed by atoms with E-state index in [0.717, 1.165) is 37.0 Å². The van der Waals surface area contributed by atoms with E-state index in [2.05, 4.69) is 49.9 Å². The molecule has 2 aromatic rings. The van der Waals surface area contributed by atoms with E-state index in [4.69, 9.17) is 16.3 Å². The molecule has 1 saturated heterocycles. The topological polar surface area (TPSA) is 37.1 Å². The van der Waals surface area contributed by atoms with Crippen LogP contribution in [0.5, 0.6) is 5.75 Å². The number of anilines is 1. The van der Waals surface area contributed by atoms with Crippen molar-refractivity contribution in [3.05, 3.63) is 58.6 Å². The van der Waals surface area contributed by atoms with Crippen LogP contribution in [-0.2, 0) is 0 Å². The first-order valence-electron chi connectivity index (χ1n) is 10.2. The summed E-state index contributed by atoms with van der Waals surface area (Å²) < 4.78 is 6.00. The number of rotatable bonds is 7. The number of hydrogen-bond donors (Lipinski definition) is 2. The molecule has 2 aromatic carbocycles. The van der Waals surface area contributed by atoms with Crippen molar-refractivity contribution in [3.63, 3.8) is 0 Å². The molecule has 1 aliphatic rings. The number of piperazine rings is 1. The van der Waals surface area contributed by atoms with Crippen molar-refractivity contribution in [1.29, 1.82) is 0 Å². The zero-order valence-corrected chi connectivity index (χ0v) is 17.9. The number of aliphatic hydroxyl groups excluding tert-OH is 1. The van der Waals surface area contributed by atoms with Gasteiger partial charge < -0.3 is 19.6 Å². The van der Waals surface area contributed by atoms with Crippen molar-refractivity contribution >= 4 is 17.3 Å². The minimum Gasteiger partial charge on any atom is -0.490 e. The summed E-state index contributed by atoms with van der Waals surface area (Å²) >= 11 is 6.11. The first-order chi connectivity index (χ1) is 13.4. The lowest BCUT2D eigenvalue weighted by Crippen LogP contribution is -3.16. The van der Waals surface area contributed by atoms with Gasteiger partial charge in [-0.3, -0.25) is 0 Å². The smallest absolute Gasteiger partial charge is 0.137 e. The second-order valence-corrected chi connectivity index (χ2v) is 8.52. The van der Waals surface area contributed by atoms with Gasteiger partial charge in [-0.15, -0.1) is 0 Å². The molecule has 4 nitrogen and oxygen atoms in total. The predicted octanol–water partition coefficient (Wildman–Crippen LogP) is 2.92. The highest BCUT2D eigenvalue weighted by Gasteiger charge is 2.23. The molecule has 0 radical (unpaired) electrons. The highest BCUT2D eigenvalue weighted by Crippen LogP contribution is 2.27. The summed E-state index contributed by atoms with van der Waals surface area (Å²) in [5.74, 6) is 1.30. The van der Waals surface area contributed by atoms with Crippen LogP contribution < -0.4 is 14.5 Å². The van der Waals surface area contributed by atoms with Crippen LogP contribution >= 0.6 is 11.6 Å². The highest BCUT2D eigenvalue weighted by atomic mass is 35.5. The minimum absolute atomic E-state index is 0.338. The molecule has 152 valence electrons. The molecule has 0 unspecified atom stereocenters. The lowest BCUT2D eigenvalue weighted by molar-refractivity contribution is -0.903. The van der Waals surface area contributed by atoms with Crippen LogP contribution in [-0.4, -0.2) is 50.5 Å². The first kappa shape index (κ1) is 21.0. The zero-order valence-electron chi connectivity index (χ0n) is 17.1. The predicted molar refractivity (Wildman–Crippen MR) is 116 cm³/mol. The molecule has 1 atom stereocenters. The average Bonchev–Trinajstić information content (AvgIpc) is 2.67. The summed E-state index contributed by atoms with van der Waals surface area (Å²) in [5.41, 5.74) is 3.55. The van der Waals surface area contributed by atoms with E-state index in [1.165, 1.54) is 21.7 Å². The second kappa shape index (κ2) is 9.64. The molecule has 3 rings (SSSR count). The molecule has 0 saturated carbocycles. The Balaban J connectivity index is 1.47. The number of quaternary nitrogens is 1. The van der Waals surface area contributed by atoms with Gasteiger partial charge in [-0.2, -0.15) is 0 Å². The second-order valence-electron chi connectivity index (χ2n) is 8.08. The first-order valence-corrected chi connectivity index (χ1v) is 10.6. The number of halogens is 1. The number of aliphatic hydroxyl groups is 1. The van der Waals surface area contributed by atoms with Gasteiger partial charge in [0.25, 0.3) is 0 Å². The summed E-state index contributed by atoms with van der Waals surface area (Å²) in [6.45, 7) is 11.4. The van der Waals surface area contributed by atoms with Gasteiger partial charge in [0, 0.05) is 10.7 Å². The summed E-state index contributed by atoms with van der Waals surface area (Å²) in [5, 5.41) is 11.3. The van der Waals surface area contributed by atoms with Crippen molar-refractivity contribution in [1.82, 2.24) is 0 Å². The number of nitrogens with one attached hydrogen (secondary N) is 1.